The molecule has 3 aromatic rings. The maximum atomic E-state index is 13.4. The molecular formula is C26H27BrN4O4. The number of carbonyl (C=O) groups excluding carboxylic acids is 3. The Morgan fingerprint density at radius 3 is 2.66 bits per heavy atom. The number of unbranched alkanes of at least 4 members (excludes halogenated alkanes) is 2. The van der Waals surface area contributed by atoms with Crippen LogP contribution in [-0.2, 0) is 4.74 Å². The molecule has 4 heterocycles. The standard InChI is InChI=1S/C26H27BrN4O4/c1-29-11-13-30(14-12-29)10-3-2-4-15-35-26(34)20-19-8-7-17(27)16-31(19)23-21(20)24(32)18-6-5-9-28-22(18)25(23)33/h5-9,16H,2-4,10-15H2,1H3. The molecule has 9 heteroatoms. The lowest BCUT2D eigenvalue weighted by atomic mass is 9.89. The Labute approximate surface area is 212 Å². The van der Waals surface area contributed by atoms with E-state index in [0.717, 1.165) is 56.5 Å². The summed E-state index contributed by atoms with van der Waals surface area (Å²) in [7, 11) is 2.15. The van der Waals surface area contributed by atoms with Gasteiger partial charge in [0.25, 0.3) is 0 Å². The second kappa shape index (κ2) is 10.0. The summed E-state index contributed by atoms with van der Waals surface area (Å²) < 4.78 is 7.91. The molecule has 0 bridgehead atoms. The van der Waals surface area contributed by atoms with Gasteiger partial charge in [0.15, 0.2) is 5.78 Å². The summed E-state index contributed by atoms with van der Waals surface area (Å²) in [6.07, 6.45) is 5.93. The van der Waals surface area contributed by atoms with Crippen LogP contribution in [0.5, 0.6) is 0 Å². The summed E-state index contributed by atoms with van der Waals surface area (Å²) >= 11 is 3.42. The van der Waals surface area contributed by atoms with E-state index in [-0.39, 0.29) is 46.3 Å². The number of carbonyl (C=O) groups is 3. The topological polar surface area (TPSA) is 84.2 Å². The summed E-state index contributed by atoms with van der Waals surface area (Å²) in [6.45, 7) is 5.72. The molecule has 0 aromatic carbocycles. The number of hydrogen-bond acceptors (Lipinski definition) is 7. The zero-order chi connectivity index (χ0) is 24.5. The lowest BCUT2D eigenvalue weighted by Gasteiger charge is -2.32. The van der Waals surface area contributed by atoms with Gasteiger partial charge >= 0.3 is 5.97 Å². The monoisotopic (exact) mass is 538 g/mol. The smallest absolute Gasteiger partial charge is 0.341 e. The van der Waals surface area contributed by atoms with Crippen molar-refractivity contribution in [3.05, 3.63) is 69.2 Å². The fourth-order valence-corrected chi connectivity index (χ4v) is 5.16. The third-order valence-corrected chi connectivity index (χ3v) is 7.23. The highest BCUT2D eigenvalue weighted by Crippen LogP contribution is 2.34. The molecule has 0 spiro atoms. The molecule has 1 aliphatic carbocycles. The lowest BCUT2D eigenvalue weighted by Crippen LogP contribution is -2.44. The van der Waals surface area contributed by atoms with E-state index in [1.165, 1.54) is 6.20 Å². The van der Waals surface area contributed by atoms with Gasteiger partial charge in [-0.15, -0.1) is 0 Å². The van der Waals surface area contributed by atoms with Crippen LogP contribution in [0, 0.1) is 0 Å². The van der Waals surface area contributed by atoms with Crippen LogP contribution in [0.15, 0.2) is 41.1 Å². The average molecular weight is 539 g/mol. The number of pyridine rings is 2. The minimum atomic E-state index is -0.585. The minimum Gasteiger partial charge on any atom is -0.462 e. The first kappa shape index (κ1) is 23.8. The summed E-state index contributed by atoms with van der Waals surface area (Å²) in [5.41, 5.74) is 1.15. The SMILES string of the molecule is CN1CCN(CCCCCOC(=O)c2c3c(n4cc(Br)ccc24)C(=O)c2ncccc2C3=O)CC1. The molecule has 0 radical (unpaired) electrons. The van der Waals surface area contributed by atoms with Crippen molar-refractivity contribution in [2.24, 2.45) is 0 Å². The molecule has 1 fully saturated rings. The zero-order valence-electron chi connectivity index (χ0n) is 19.6. The van der Waals surface area contributed by atoms with Gasteiger partial charge < -0.3 is 18.9 Å². The summed E-state index contributed by atoms with van der Waals surface area (Å²) in [4.78, 5) is 48.8. The molecule has 0 N–H and O–H groups in total. The number of aromatic nitrogens is 2. The Kier molecular flexibility index (Phi) is 6.82. The van der Waals surface area contributed by atoms with Crippen molar-refractivity contribution in [2.75, 3.05) is 46.4 Å². The fourth-order valence-electron chi connectivity index (χ4n) is 4.82. The first-order valence-electron chi connectivity index (χ1n) is 11.9. The maximum Gasteiger partial charge on any atom is 0.341 e. The predicted octanol–water partition coefficient (Wildman–Crippen LogP) is 3.45. The van der Waals surface area contributed by atoms with Gasteiger partial charge in [0.2, 0.25) is 5.78 Å². The van der Waals surface area contributed by atoms with Gasteiger partial charge in [-0.25, -0.2) is 4.79 Å². The van der Waals surface area contributed by atoms with E-state index >= 15 is 0 Å². The third kappa shape index (κ3) is 4.55. The molecule has 0 amide bonds. The molecule has 8 nitrogen and oxygen atoms in total. The quantitative estimate of drug-likeness (QED) is 0.263. The minimum absolute atomic E-state index is 0.0914. The number of piperazine rings is 1. The molecule has 35 heavy (non-hydrogen) atoms. The van der Waals surface area contributed by atoms with E-state index in [9.17, 15) is 14.4 Å². The van der Waals surface area contributed by atoms with E-state index in [1.807, 2.05) is 0 Å². The molecule has 0 unspecified atom stereocenters. The number of fused-ring (bicyclic) bond motifs is 4. The highest BCUT2D eigenvalue weighted by molar-refractivity contribution is 9.10. The van der Waals surface area contributed by atoms with Crippen molar-refractivity contribution in [1.29, 1.82) is 0 Å². The van der Waals surface area contributed by atoms with Crippen LogP contribution in [0.1, 0.15) is 61.7 Å². The van der Waals surface area contributed by atoms with Gasteiger partial charge in [-0.2, -0.15) is 0 Å². The highest BCUT2D eigenvalue weighted by atomic mass is 79.9. The van der Waals surface area contributed by atoms with Crippen molar-refractivity contribution in [3.8, 4) is 0 Å². The summed E-state index contributed by atoms with van der Waals surface area (Å²) in [6, 6.07) is 6.67. The molecule has 5 rings (SSSR count). The van der Waals surface area contributed by atoms with Crippen molar-refractivity contribution >= 4 is 39.0 Å². The summed E-state index contributed by atoms with van der Waals surface area (Å²) in [5.74, 6) is -1.36. The van der Waals surface area contributed by atoms with E-state index < -0.39 is 5.97 Å². The molecule has 1 aliphatic heterocycles. The normalized spacial score (nSPS) is 16.4. The maximum absolute atomic E-state index is 13.4. The Morgan fingerprint density at radius 2 is 1.86 bits per heavy atom. The molecular weight excluding hydrogens is 512 g/mol. The molecule has 2 aliphatic rings. The van der Waals surface area contributed by atoms with Gasteiger partial charge in [0, 0.05) is 43.0 Å². The van der Waals surface area contributed by atoms with Crippen molar-refractivity contribution in [1.82, 2.24) is 19.2 Å². The van der Waals surface area contributed by atoms with Crippen LogP contribution in [0.25, 0.3) is 5.52 Å². The largest absolute Gasteiger partial charge is 0.462 e. The summed E-state index contributed by atoms with van der Waals surface area (Å²) in [5, 5.41) is 0. The van der Waals surface area contributed by atoms with Gasteiger partial charge in [0.1, 0.15) is 11.4 Å². The lowest BCUT2D eigenvalue weighted by molar-refractivity contribution is 0.0496. The number of nitrogens with zero attached hydrogens (tertiary/aromatic N) is 4. The average Bonchev–Trinajstić information content (AvgIpc) is 3.20. The first-order chi connectivity index (χ1) is 17.0. The molecule has 182 valence electrons. The first-order valence-corrected chi connectivity index (χ1v) is 12.7. The molecule has 0 saturated carbocycles. The van der Waals surface area contributed by atoms with Crippen LogP contribution < -0.4 is 0 Å². The van der Waals surface area contributed by atoms with E-state index in [4.69, 9.17) is 4.74 Å². The van der Waals surface area contributed by atoms with Crippen LogP contribution in [0.3, 0.4) is 0 Å². The van der Waals surface area contributed by atoms with E-state index in [2.05, 4.69) is 37.8 Å². The zero-order valence-corrected chi connectivity index (χ0v) is 21.2. The van der Waals surface area contributed by atoms with Crippen molar-refractivity contribution in [3.63, 3.8) is 0 Å². The predicted molar refractivity (Wildman–Crippen MR) is 134 cm³/mol. The van der Waals surface area contributed by atoms with Crippen LogP contribution in [0.2, 0.25) is 0 Å². The number of esters is 1. The number of ether oxygens (including phenoxy) is 1. The van der Waals surface area contributed by atoms with Crippen LogP contribution >= 0.6 is 15.9 Å². The van der Waals surface area contributed by atoms with Gasteiger partial charge in [-0.3, -0.25) is 14.6 Å². The molecule has 1 saturated heterocycles. The molecule has 0 atom stereocenters. The van der Waals surface area contributed by atoms with Crippen LogP contribution in [0.4, 0.5) is 0 Å². The van der Waals surface area contributed by atoms with E-state index in [1.54, 1.807) is 34.9 Å². The Bertz CT molecular complexity index is 1310. The van der Waals surface area contributed by atoms with Crippen LogP contribution in [-0.4, -0.2) is 83.1 Å². The Balaban J connectivity index is 1.31. The number of rotatable bonds is 7. The number of halogens is 1. The van der Waals surface area contributed by atoms with Crippen molar-refractivity contribution in [2.45, 2.75) is 19.3 Å². The second-order valence-corrected chi connectivity index (χ2v) is 10.0. The number of ketones is 2. The number of hydrogen-bond donors (Lipinski definition) is 0. The van der Waals surface area contributed by atoms with E-state index in [0.29, 0.717) is 5.52 Å². The van der Waals surface area contributed by atoms with Gasteiger partial charge in [-0.1, -0.05) is 0 Å². The van der Waals surface area contributed by atoms with Gasteiger partial charge in [0.05, 0.1) is 28.8 Å². The van der Waals surface area contributed by atoms with Crippen molar-refractivity contribution < 1.29 is 19.1 Å². The molecule has 3 aromatic heterocycles. The Hall–Kier alpha value is -2.88. The Morgan fingerprint density at radius 1 is 1.06 bits per heavy atom. The fraction of sp³-hybridized carbons (Fsp3) is 0.385. The second-order valence-electron chi connectivity index (χ2n) is 9.10. The number of likely N-dealkylation sites (N-methyl/N-ethyl adjacent to an activating group) is 1. The highest BCUT2D eigenvalue weighted by Gasteiger charge is 2.39. The van der Waals surface area contributed by atoms with Gasteiger partial charge in [-0.05, 0) is 73.1 Å². The third-order valence-electron chi connectivity index (χ3n) is 6.76.